The molecule has 0 amide bonds. The first-order chi connectivity index (χ1) is 41.9. The van der Waals surface area contributed by atoms with E-state index in [1.54, 1.807) is 118 Å². The third-order valence-corrected chi connectivity index (χ3v) is 15.7. The van der Waals surface area contributed by atoms with E-state index < -0.39 is 30.0 Å². The lowest BCUT2D eigenvalue weighted by Crippen LogP contribution is -2.28. The van der Waals surface area contributed by atoms with Crippen LogP contribution in [-0.4, -0.2) is 109 Å². The number of carbonyl (C=O) groups is 5. The number of carboxylic acid groups (broad SMARTS) is 3. The predicted molar refractivity (Wildman–Crippen MR) is 320 cm³/mol. The lowest BCUT2D eigenvalue weighted by atomic mass is 10.0. The summed E-state index contributed by atoms with van der Waals surface area (Å²) in [5.74, 6) is -3.19. The number of hydrogen-bond donors (Lipinski definition) is 7. The Morgan fingerprint density at radius 3 is 1.30 bits per heavy atom. The van der Waals surface area contributed by atoms with Gasteiger partial charge in [0.15, 0.2) is 11.6 Å². The number of aryl methyl sites for hydroxylation is 2. The largest absolute Gasteiger partial charge is 0.477 e. The second-order valence-corrected chi connectivity index (χ2v) is 21.6. The molecule has 0 aliphatic carbocycles. The van der Waals surface area contributed by atoms with Crippen LogP contribution in [0.2, 0.25) is 10.0 Å². The summed E-state index contributed by atoms with van der Waals surface area (Å²) in [5, 5.41) is 53.0. The van der Waals surface area contributed by atoms with E-state index >= 15 is 0 Å². The van der Waals surface area contributed by atoms with E-state index in [9.17, 15) is 43.8 Å². The van der Waals surface area contributed by atoms with E-state index in [-0.39, 0.29) is 52.6 Å². The molecule has 8 N–H and O–H groups in total. The summed E-state index contributed by atoms with van der Waals surface area (Å²) in [6, 6.07) is 36.8. The van der Waals surface area contributed by atoms with Gasteiger partial charge in [-0.3, -0.25) is 19.2 Å². The predicted octanol–water partition coefficient (Wildman–Crippen LogP) is 8.69. The Bertz CT molecular complexity index is 4610. The molecule has 12 aromatic rings. The fourth-order valence-corrected chi connectivity index (χ4v) is 11.6. The maximum Gasteiger partial charge on any atom is 0.352 e. The monoisotopic (exact) mass is 1200 g/mol. The van der Waals surface area contributed by atoms with Crippen LogP contribution in [0, 0.1) is 0 Å². The van der Waals surface area contributed by atoms with Crippen molar-refractivity contribution in [3.05, 3.63) is 216 Å². The van der Waals surface area contributed by atoms with Crippen molar-refractivity contribution in [2.24, 2.45) is 0 Å². The lowest BCUT2D eigenvalue weighted by molar-refractivity contribution is -0.122. The fraction of sp³-hybridized carbons (Fsp3) is 0.131. The van der Waals surface area contributed by atoms with Crippen LogP contribution in [0.15, 0.2) is 156 Å². The van der Waals surface area contributed by atoms with Crippen molar-refractivity contribution in [3.8, 4) is 33.6 Å². The highest BCUT2D eigenvalue weighted by atomic mass is 35.5. The average molecular weight is 1210 g/mol. The number of halogens is 2. The van der Waals surface area contributed by atoms with Crippen LogP contribution in [-0.2, 0) is 35.3 Å². The second kappa shape index (κ2) is 23.2. The van der Waals surface area contributed by atoms with E-state index in [4.69, 9.17) is 34.0 Å². The Labute approximate surface area is 499 Å². The molecule has 24 nitrogen and oxygen atoms in total. The van der Waals surface area contributed by atoms with Gasteiger partial charge in [0, 0.05) is 95.9 Å². The molecular weight excluding hydrogens is 1160 g/mol. The highest BCUT2D eigenvalue weighted by Crippen LogP contribution is 2.35. The van der Waals surface area contributed by atoms with Gasteiger partial charge in [-0.1, -0.05) is 35.3 Å². The number of benzene rings is 5. The normalized spacial score (nSPS) is 14.0. The molecule has 7 aromatic heterocycles. The van der Waals surface area contributed by atoms with Crippen molar-refractivity contribution >= 4 is 91.1 Å². The highest BCUT2D eigenvalue weighted by molar-refractivity contribution is 6.31. The molecule has 2 atom stereocenters. The van der Waals surface area contributed by atoms with E-state index in [0.717, 1.165) is 44.2 Å². The van der Waals surface area contributed by atoms with Crippen LogP contribution in [0.1, 0.15) is 78.9 Å². The third kappa shape index (κ3) is 11.5. The number of aromatic nitrogens is 13. The smallest absolute Gasteiger partial charge is 0.352 e. The first-order valence-electron chi connectivity index (χ1n) is 26.9. The molecular formula is C61H46Cl2N14O10. The van der Waals surface area contributed by atoms with Gasteiger partial charge in [-0.25, -0.2) is 14.4 Å². The van der Waals surface area contributed by atoms with Crippen molar-refractivity contribution in [2.45, 2.75) is 50.6 Å². The number of pyridine rings is 2. The molecule has 14 rings (SSSR count). The number of H-pyrrole nitrogens is 3. The number of rotatable bonds is 13. The number of anilines is 1. The Morgan fingerprint density at radius 2 is 0.908 bits per heavy atom. The summed E-state index contributed by atoms with van der Waals surface area (Å²) < 4.78 is 6.15. The number of fused-ring (bicyclic) bond motifs is 5. The van der Waals surface area contributed by atoms with E-state index in [2.05, 4.69) is 46.0 Å². The van der Waals surface area contributed by atoms with Crippen LogP contribution in [0.4, 0.5) is 5.69 Å². The van der Waals surface area contributed by atoms with Gasteiger partial charge >= 0.3 is 17.9 Å². The number of carboxylic acids is 3. The number of tetrazole rings is 2. The molecule has 0 spiro atoms. The molecule has 5 aromatic carbocycles. The highest BCUT2D eigenvalue weighted by Gasteiger charge is 2.32. The van der Waals surface area contributed by atoms with Crippen molar-refractivity contribution in [2.75, 3.05) is 5.73 Å². The Hall–Kier alpha value is -11.1. The van der Waals surface area contributed by atoms with Gasteiger partial charge in [0.05, 0.1) is 23.5 Å². The second-order valence-electron chi connectivity index (χ2n) is 20.8. The van der Waals surface area contributed by atoms with Gasteiger partial charge in [0.25, 0.3) is 11.1 Å². The van der Waals surface area contributed by atoms with Gasteiger partial charge in [-0.2, -0.15) is 9.36 Å². The minimum absolute atomic E-state index is 0.0703. The number of nitrogen functional groups attached to an aromatic ring is 1. The first kappa shape index (κ1) is 56.4. The number of aromatic carboxylic acids is 3. The van der Waals surface area contributed by atoms with E-state index in [0.29, 0.717) is 86.1 Å². The van der Waals surface area contributed by atoms with E-state index in [1.165, 1.54) is 34.2 Å². The molecule has 26 heteroatoms. The molecule has 2 aliphatic heterocycles. The SMILES string of the molecule is Nc1ccc2[nH]c(C(=O)O)cc2c1.O=C(O)c1cc2cc(CC(=O)C3CCc4cc(-c5cc(Cl)ccc5-n5cnnn5)cc(=O)n43)ccc2[nH]1.O=C(O)c1cc2cc(CC(=O)C3CCc4cc(-c5cc(Cl)ccc5-n5cnnn5)cc(=O)n43)ccc2[nH]1. The molecule has 2 unspecified atom stereocenters. The first-order valence-corrected chi connectivity index (χ1v) is 27.6. The number of aromatic amines is 3. The minimum Gasteiger partial charge on any atom is -0.477 e. The standard InChI is InChI=1S/2C26H19ClN6O4.C9H8N2O2/c2*27-17-2-5-22(32-13-28-30-31-32)19(12-17)15-9-18-3-6-23(33(18)25(35)11-15)24(34)8-14-1-4-20-16(7-14)10-21(29-20)26(36)37;10-6-1-2-7-5(3-6)4-8(11-7)9(12)13/h2*1-2,4-5,7,9-13,23,29H,3,6,8H2,(H,36,37);1-4,11H,10H2,(H,12,13). The van der Waals surface area contributed by atoms with Crippen LogP contribution in [0.5, 0.6) is 0 Å². The summed E-state index contributed by atoms with van der Waals surface area (Å²) >= 11 is 12.5. The molecule has 0 fully saturated rings. The fourth-order valence-electron chi connectivity index (χ4n) is 11.3. The number of Topliss-reactive ketones (excluding diaryl/α,β-unsaturated/α-hetero) is 2. The number of nitrogens with two attached hydrogens (primary N) is 1. The molecule has 0 saturated carbocycles. The van der Waals surface area contributed by atoms with Crippen LogP contribution in [0.25, 0.3) is 66.3 Å². The Kier molecular flexibility index (Phi) is 15.0. The Morgan fingerprint density at radius 1 is 0.506 bits per heavy atom. The molecule has 0 radical (unpaired) electrons. The molecule has 2 aliphatic rings. The van der Waals surface area contributed by atoms with Crippen LogP contribution >= 0.6 is 23.2 Å². The van der Waals surface area contributed by atoms with Gasteiger partial charge in [0.1, 0.15) is 29.7 Å². The van der Waals surface area contributed by atoms with Crippen LogP contribution in [0.3, 0.4) is 0 Å². The molecule has 0 bridgehead atoms. The summed E-state index contributed by atoms with van der Waals surface area (Å²) in [7, 11) is 0. The summed E-state index contributed by atoms with van der Waals surface area (Å²) in [6.45, 7) is 0. The molecule has 87 heavy (non-hydrogen) atoms. The van der Waals surface area contributed by atoms with Gasteiger partial charge in [0.2, 0.25) is 0 Å². The summed E-state index contributed by atoms with van der Waals surface area (Å²) in [6.07, 6.45) is 5.44. The summed E-state index contributed by atoms with van der Waals surface area (Å²) in [5.41, 5.74) is 15.3. The van der Waals surface area contributed by atoms with Crippen LogP contribution < -0.4 is 16.9 Å². The number of ketones is 2. The van der Waals surface area contributed by atoms with Crippen molar-refractivity contribution in [1.82, 2.24) is 64.5 Å². The Balaban J connectivity index is 0.000000141. The molecule has 9 heterocycles. The molecule has 0 saturated heterocycles. The number of nitrogens with one attached hydrogen (secondary N) is 3. The number of nitrogens with zero attached hydrogens (tertiary/aromatic N) is 10. The molecule has 434 valence electrons. The third-order valence-electron chi connectivity index (χ3n) is 15.2. The minimum atomic E-state index is -1.04. The van der Waals surface area contributed by atoms with E-state index in [1.807, 2.05) is 12.1 Å². The lowest BCUT2D eigenvalue weighted by Gasteiger charge is -2.15. The van der Waals surface area contributed by atoms with Crippen molar-refractivity contribution in [1.29, 1.82) is 0 Å². The van der Waals surface area contributed by atoms with Gasteiger partial charge in [-0.15, -0.1) is 10.2 Å². The topological polar surface area (TPSA) is 351 Å². The number of carbonyl (C=O) groups excluding carboxylic acids is 2. The van der Waals surface area contributed by atoms with Gasteiger partial charge < -0.3 is 45.1 Å². The van der Waals surface area contributed by atoms with Crippen molar-refractivity contribution in [3.63, 3.8) is 0 Å². The summed E-state index contributed by atoms with van der Waals surface area (Å²) in [4.78, 5) is 94.6. The average Bonchev–Trinajstić information content (AvgIpc) is 1.93. The maximum atomic E-state index is 13.3. The zero-order valence-electron chi connectivity index (χ0n) is 45.3. The number of hydrogen-bond acceptors (Lipinski definition) is 14. The zero-order chi connectivity index (χ0) is 60.8. The van der Waals surface area contributed by atoms with Gasteiger partial charge in [-0.05, 0) is 178 Å². The maximum absolute atomic E-state index is 13.3. The zero-order valence-corrected chi connectivity index (χ0v) is 46.8. The quantitative estimate of drug-likeness (QED) is 0.0530. The van der Waals surface area contributed by atoms with Crippen molar-refractivity contribution < 1.29 is 39.3 Å².